The van der Waals surface area contributed by atoms with Gasteiger partial charge in [-0.25, -0.2) is 0 Å². The summed E-state index contributed by atoms with van der Waals surface area (Å²) in [7, 11) is 1.68. The molecule has 1 N–H and O–H groups in total. The summed E-state index contributed by atoms with van der Waals surface area (Å²) < 4.78 is 11.4. The Kier molecular flexibility index (Phi) is 7.28. The molecule has 1 aliphatic heterocycles. The first-order chi connectivity index (χ1) is 12.8. The minimum Gasteiger partial charge on any atom is -0.493 e. The topological polar surface area (TPSA) is 46.6 Å². The molecule has 0 saturated carbocycles. The molecule has 1 fully saturated rings. The summed E-state index contributed by atoms with van der Waals surface area (Å²) in [6, 6.07) is 10.0. The van der Waals surface area contributed by atoms with Crippen molar-refractivity contribution in [2.24, 2.45) is 0 Å². The SMILES string of the molecule is COc1cc(CNCCN2CCCCC2)ccc1OCc1ccncc1. The van der Waals surface area contributed by atoms with E-state index in [0.717, 1.165) is 36.7 Å². The summed E-state index contributed by atoms with van der Waals surface area (Å²) in [6.45, 7) is 5.99. The number of ether oxygens (including phenoxy) is 2. The summed E-state index contributed by atoms with van der Waals surface area (Å²) in [4.78, 5) is 6.57. The van der Waals surface area contributed by atoms with Gasteiger partial charge in [-0.05, 0) is 61.3 Å². The Morgan fingerprint density at radius 3 is 2.58 bits per heavy atom. The van der Waals surface area contributed by atoms with Gasteiger partial charge in [0.1, 0.15) is 6.61 Å². The van der Waals surface area contributed by atoms with Crippen LogP contribution in [0.15, 0.2) is 42.7 Å². The molecule has 140 valence electrons. The Balaban J connectivity index is 1.46. The summed E-state index contributed by atoms with van der Waals surface area (Å²) in [5, 5.41) is 3.53. The van der Waals surface area contributed by atoms with E-state index in [9.17, 15) is 0 Å². The first-order valence-corrected chi connectivity index (χ1v) is 9.47. The zero-order chi connectivity index (χ0) is 18.0. The maximum atomic E-state index is 5.89. The lowest BCUT2D eigenvalue weighted by Crippen LogP contribution is -2.35. The molecule has 0 radical (unpaired) electrons. The van der Waals surface area contributed by atoms with Gasteiger partial charge in [-0.15, -0.1) is 0 Å². The third-order valence-electron chi connectivity index (χ3n) is 4.75. The van der Waals surface area contributed by atoms with Crippen molar-refractivity contribution in [3.8, 4) is 11.5 Å². The molecule has 0 aliphatic carbocycles. The van der Waals surface area contributed by atoms with Gasteiger partial charge < -0.3 is 19.7 Å². The lowest BCUT2D eigenvalue weighted by molar-refractivity contribution is 0.229. The van der Waals surface area contributed by atoms with Crippen molar-refractivity contribution >= 4 is 0 Å². The quantitative estimate of drug-likeness (QED) is 0.700. The highest BCUT2D eigenvalue weighted by Gasteiger charge is 2.09. The van der Waals surface area contributed by atoms with Crippen LogP contribution in [0.4, 0.5) is 0 Å². The van der Waals surface area contributed by atoms with Crippen LogP contribution < -0.4 is 14.8 Å². The van der Waals surface area contributed by atoms with Crippen molar-refractivity contribution in [2.45, 2.75) is 32.4 Å². The van der Waals surface area contributed by atoms with Gasteiger partial charge in [-0.1, -0.05) is 12.5 Å². The predicted octanol–water partition coefficient (Wildman–Crippen LogP) is 3.24. The molecular weight excluding hydrogens is 326 g/mol. The molecule has 3 rings (SSSR count). The van der Waals surface area contributed by atoms with E-state index >= 15 is 0 Å². The maximum Gasteiger partial charge on any atom is 0.161 e. The first kappa shape index (κ1) is 18.7. The van der Waals surface area contributed by atoms with E-state index < -0.39 is 0 Å². The summed E-state index contributed by atoms with van der Waals surface area (Å²) in [5.41, 5.74) is 2.29. The standard InChI is InChI=1S/C21H29N3O2/c1-25-21-15-19(16-23-11-14-24-12-3-2-4-13-24)5-6-20(21)26-17-18-7-9-22-10-8-18/h5-10,15,23H,2-4,11-14,16-17H2,1H3. The van der Waals surface area contributed by atoms with Gasteiger partial charge >= 0.3 is 0 Å². The molecule has 1 saturated heterocycles. The molecule has 0 bridgehead atoms. The molecule has 1 aromatic carbocycles. The van der Waals surface area contributed by atoms with Crippen molar-refractivity contribution in [3.63, 3.8) is 0 Å². The second-order valence-electron chi connectivity index (χ2n) is 6.71. The normalized spacial score (nSPS) is 15.0. The van der Waals surface area contributed by atoms with Gasteiger partial charge in [-0.2, -0.15) is 0 Å². The van der Waals surface area contributed by atoms with Crippen LogP contribution in [0, 0.1) is 0 Å². The number of likely N-dealkylation sites (tertiary alicyclic amines) is 1. The molecule has 0 unspecified atom stereocenters. The fourth-order valence-corrected chi connectivity index (χ4v) is 3.23. The number of nitrogens with one attached hydrogen (secondary N) is 1. The van der Waals surface area contributed by atoms with Crippen molar-refractivity contribution in [2.75, 3.05) is 33.3 Å². The van der Waals surface area contributed by atoms with E-state index in [0.29, 0.717) is 6.61 Å². The lowest BCUT2D eigenvalue weighted by atomic mass is 10.1. The molecule has 1 aromatic heterocycles. The van der Waals surface area contributed by atoms with Gasteiger partial charge in [-0.3, -0.25) is 4.98 Å². The van der Waals surface area contributed by atoms with Crippen LogP contribution in [0.3, 0.4) is 0 Å². The Morgan fingerprint density at radius 2 is 1.81 bits per heavy atom. The monoisotopic (exact) mass is 355 g/mol. The summed E-state index contributed by atoms with van der Waals surface area (Å²) >= 11 is 0. The van der Waals surface area contributed by atoms with Gasteiger partial charge in [0.2, 0.25) is 0 Å². The largest absolute Gasteiger partial charge is 0.493 e. The van der Waals surface area contributed by atoms with Crippen molar-refractivity contribution < 1.29 is 9.47 Å². The number of hydrogen-bond donors (Lipinski definition) is 1. The second-order valence-corrected chi connectivity index (χ2v) is 6.71. The molecule has 0 spiro atoms. The molecule has 0 atom stereocenters. The van der Waals surface area contributed by atoms with Crippen LogP contribution in [0.25, 0.3) is 0 Å². The van der Waals surface area contributed by atoms with Crippen LogP contribution in [0.2, 0.25) is 0 Å². The number of benzene rings is 1. The number of nitrogens with zero attached hydrogens (tertiary/aromatic N) is 2. The van der Waals surface area contributed by atoms with Gasteiger partial charge in [0, 0.05) is 32.0 Å². The highest BCUT2D eigenvalue weighted by molar-refractivity contribution is 5.43. The van der Waals surface area contributed by atoms with E-state index in [4.69, 9.17) is 9.47 Å². The minimum atomic E-state index is 0.506. The minimum absolute atomic E-state index is 0.506. The van der Waals surface area contributed by atoms with E-state index in [1.54, 1.807) is 19.5 Å². The molecule has 0 amide bonds. The highest BCUT2D eigenvalue weighted by Crippen LogP contribution is 2.28. The number of pyridine rings is 1. The molecule has 1 aliphatic rings. The number of rotatable bonds is 9. The predicted molar refractivity (Wildman–Crippen MR) is 104 cm³/mol. The molecular formula is C21H29N3O2. The Hall–Kier alpha value is -2.11. The average molecular weight is 355 g/mol. The van der Waals surface area contributed by atoms with Crippen LogP contribution in [0.5, 0.6) is 11.5 Å². The Labute approximate surface area is 156 Å². The maximum absolute atomic E-state index is 5.89. The van der Waals surface area contributed by atoms with E-state index in [2.05, 4.69) is 27.3 Å². The zero-order valence-electron chi connectivity index (χ0n) is 15.6. The van der Waals surface area contributed by atoms with Gasteiger partial charge in [0.25, 0.3) is 0 Å². The molecule has 5 nitrogen and oxygen atoms in total. The number of piperidine rings is 1. The summed E-state index contributed by atoms with van der Waals surface area (Å²) in [5.74, 6) is 1.54. The third-order valence-corrected chi connectivity index (χ3v) is 4.75. The number of hydrogen-bond acceptors (Lipinski definition) is 5. The molecule has 26 heavy (non-hydrogen) atoms. The van der Waals surface area contributed by atoms with E-state index in [-0.39, 0.29) is 0 Å². The smallest absolute Gasteiger partial charge is 0.161 e. The Morgan fingerprint density at radius 1 is 1.00 bits per heavy atom. The van der Waals surface area contributed by atoms with Crippen LogP contribution >= 0.6 is 0 Å². The van der Waals surface area contributed by atoms with Crippen LogP contribution in [-0.4, -0.2) is 43.2 Å². The van der Waals surface area contributed by atoms with E-state index in [1.165, 1.54) is 37.9 Å². The molecule has 2 heterocycles. The zero-order valence-corrected chi connectivity index (χ0v) is 15.6. The fraction of sp³-hybridized carbons (Fsp3) is 0.476. The van der Waals surface area contributed by atoms with Crippen LogP contribution in [-0.2, 0) is 13.2 Å². The second kappa shape index (κ2) is 10.1. The van der Waals surface area contributed by atoms with Crippen molar-refractivity contribution in [1.29, 1.82) is 0 Å². The van der Waals surface area contributed by atoms with Crippen molar-refractivity contribution in [3.05, 3.63) is 53.9 Å². The van der Waals surface area contributed by atoms with Crippen LogP contribution in [0.1, 0.15) is 30.4 Å². The highest BCUT2D eigenvalue weighted by atomic mass is 16.5. The fourth-order valence-electron chi connectivity index (χ4n) is 3.23. The molecule has 5 heteroatoms. The average Bonchev–Trinajstić information content (AvgIpc) is 2.71. The van der Waals surface area contributed by atoms with Crippen molar-refractivity contribution in [1.82, 2.24) is 15.2 Å². The number of aromatic nitrogens is 1. The van der Waals surface area contributed by atoms with E-state index in [1.807, 2.05) is 18.2 Å². The lowest BCUT2D eigenvalue weighted by Gasteiger charge is -2.26. The van der Waals surface area contributed by atoms with Gasteiger partial charge in [0.15, 0.2) is 11.5 Å². The Bertz CT molecular complexity index is 658. The number of methoxy groups -OCH3 is 1. The molecule has 2 aromatic rings. The summed E-state index contributed by atoms with van der Waals surface area (Å²) in [6.07, 6.45) is 7.62. The van der Waals surface area contributed by atoms with Gasteiger partial charge in [0.05, 0.1) is 7.11 Å². The first-order valence-electron chi connectivity index (χ1n) is 9.47. The third kappa shape index (κ3) is 5.71.